The molecule has 0 fully saturated rings. The summed E-state index contributed by atoms with van der Waals surface area (Å²) in [4.78, 5) is 8.69. The number of ether oxygens (including phenoxy) is 1. The lowest BCUT2D eigenvalue weighted by molar-refractivity contribution is 0.280. The van der Waals surface area contributed by atoms with Crippen molar-refractivity contribution in [3.63, 3.8) is 0 Å². The summed E-state index contributed by atoms with van der Waals surface area (Å²) in [6.07, 6.45) is 2.24. The van der Waals surface area contributed by atoms with Gasteiger partial charge in [-0.2, -0.15) is 4.98 Å². The summed E-state index contributed by atoms with van der Waals surface area (Å²) in [5.74, 6) is 1.07. The van der Waals surface area contributed by atoms with Crippen LogP contribution in [0.5, 0.6) is 5.88 Å². The quantitative estimate of drug-likeness (QED) is 0.663. The van der Waals surface area contributed by atoms with E-state index in [9.17, 15) is 4.39 Å². The Morgan fingerprint density at radius 2 is 2.06 bits per heavy atom. The number of hydrogen-bond donors (Lipinski definition) is 0. The average molecular weight is 245 g/mol. The third-order valence-corrected chi connectivity index (χ3v) is 2.68. The second kappa shape index (κ2) is 4.60. The normalized spacial score (nSPS) is 11.2. The summed E-state index contributed by atoms with van der Waals surface area (Å²) in [7, 11) is 0. The molecule has 92 valence electrons. The SMILES string of the molecule is FCCCOc1ccn2c(n1)nc1ccccc12. The smallest absolute Gasteiger partial charge is 0.238 e. The van der Waals surface area contributed by atoms with E-state index in [0.29, 0.717) is 24.7 Å². The number of hydrogen-bond acceptors (Lipinski definition) is 3. The van der Waals surface area contributed by atoms with Gasteiger partial charge in [0.15, 0.2) is 0 Å². The molecule has 5 heteroatoms. The molecular weight excluding hydrogens is 233 g/mol. The highest BCUT2D eigenvalue weighted by Crippen LogP contribution is 2.17. The van der Waals surface area contributed by atoms with E-state index in [-0.39, 0.29) is 6.67 Å². The molecule has 0 radical (unpaired) electrons. The fourth-order valence-electron chi connectivity index (χ4n) is 1.84. The largest absolute Gasteiger partial charge is 0.477 e. The number of rotatable bonds is 4. The molecule has 2 aromatic heterocycles. The standard InChI is InChI=1S/C13H12FN3O/c14-7-3-9-18-12-6-8-17-11-5-2-1-4-10(11)15-13(17)16-12/h1-2,4-6,8H,3,7,9H2. The topological polar surface area (TPSA) is 39.4 Å². The molecule has 0 amide bonds. The molecule has 1 aromatic carbocycles. The van der Waals surface area contributed by atoms with Gasteiger partial charge in [0, 0.05) is 18.7 Å². The highest BCUT2D eigenvalue weighted by atomic mass is 19.1. The van der Waals surface area contributed by atoms with Crippen molar-refractivity contribution < 1.29 is 9.13 Å². The number of benzene rings is 1. The summed E-state index contributed by atoms with van der Waals surface area (Å²) in [6.45, 7) is -0.0462. The van der Waals surface area contributed by atoms with Gasteiger partial charge in [-0.3, -0.25) is 8.79 Å². The lowest BCUT2D eigenvalue weighted by atomic mass is 10.3. The monoisotopic (exact) mass is 245 g/mol. The van der Waals surface area contributed by atoms with Crippen molar-refractivity contribution in [3.8, 4) is 5.88 Å². The van der Waals surface area contributed by atoms with Crippen LogP contribution in [0, 0.1) is 0 Å². The molecule has 0 spiro atoms. The Labute approximate surface area is 103 Å². The molecule has 0 atom stereocenters. The minimum atomic E-state index is -0.379. The van der Waals surface area contributed by atoms with Crippen LogP contribution in [0.4, 0.5) is 4.39 Å². The summed E-state index contributed by atoms with van der Waals surface area (Å²) in [5.41, 5.74) is 1.90. The van der Waals surface area contributed by atoms with Gasteiger partial charge in [0.05, 0.1) is 24.3 Å². The van der Waals surface area contributed by atoms with Gasteiger partial charge in [-0.25, -0.2) is 4.98 Å². The summed E-state index contributed by atoms with van der Waals surface area (Å²) < 4.78 is 19.2. The van der Waals surface area contributed by atoms with Crippen molar-refractivity contribution in [2.24, 2.45) is 0 Å². The van der Waals surface area contributed by atoms with Crippen LogP contribution in [0.3, 0.4) is 0 Å². The van der Waals surface area contributed by atoms with Crippen LogP contribution in [0.2, 0.25) is 0 Å². The van der Waals surface area contributed by atoms with Gasteiger partial charge in [-0.1, -0.05) is 12.1 Å². The molecule has 0 aliphatic rings. The van der Waals surface area contributed by atoms with E-state index in [1.165, 1.54) is 0 Å². The molecule has 0 bridgehead atoms. The molecule has 0 saturated carbocycles. The third-order valence-electron chi connectivity index (χ3n) is 2.68. The van der Waals surface area contributed by atoms with Crippen LogP contribution < -0.4 is 4.74 Å². The number of nitrogens with zero attached hydrogens (tertiary/aromatic N) is 3. The molecule has 4 nitrogen and oxygen atoms in total. The lowest BCUT2D eigenvalue weighted by Gasteiger charge is -2.03. The van der Waals surface area contributed by atoms with Gasteiger partial charge in [0.2, 0.25) is 11.7 Å². The fourth-order valence-corrected chi connectivity index (χ4v) is 1.84. The number of imidazole rings is 1. The lowest BCUT2D eigenvalue weighted by Crippen LogP contribution is -2.01. The fraction of sp³-hybridized carbons (Fsp3) is 0.231. The Kier molecular flexibility index (Phi) is 2.80. The molecule has 18 heavy (non-hydrogen) atoms. The highest BCUT2D eigenvalue weighted by molar-refractivity contribution is 5.79. The van der Waals surface area contributed by atoms with E-state index < -0.39 is 0 Å². The first-order valence-corrected chi connectivity index (χ1v) is 5.81. The average Bonchev–Trinajstić information content (AvgIpc) is 2.76. The van der Waals surface area contributed by atoms with Gasteiger partial charge in [-0.15, -0.1) is 0 Å². The predicted octanol–water partition coefficient (Wildman–Crippen LogP) is 2.62. The first kappa shape index (κ1) is 11.0. The minimum Gasteiger partial charge on any atom is -0.477 e. The number of para-hydroxylation sites is 2. The van der Waals surface area contributed by atoms with Crippen molar-refractivity contribution in [3.05, 3.63) is 36.5 Å². The molecule has 0 saturated heterocycles. The Bertz CT molecular complexity index is 680. The molecular formula is C13H12FN3O. The molecule has 2 heterocycles. The third kappa shape index (κ3) is 1.88. The molecule has 0 aliphatic heterocycles. The van der Waals surface area contributed by atoms with Crippen LogP contribution in [0.1, 0.15) is 6.42 Å². The maximum Gasteiger partial charge on any atom is 0.238 e. The summed E-state index contributed by atoms with van der Waals surface area (Å²) in [5, 5.41) is 0. The first-order valence-electron chi connectivity index (χ1n) is 5.81. The van der Waals surface area contributed by atoms with E-state index >= 15 is 0 Å². The number of alkyl halides is 1. The maximum atomic E-state index is 12.0. The zero-order valence-electron chi connectivity index (χ0n) is 9.71. The van der Waals surface area contributed by atoms with Gasteiger partial charge >= 0.3 is 0 Å². The van der Waals surface area contributed by atoms with Gasteiger partial charge < -0.3 is 4.74 Å². The molecule has 3 rings (SSSR count). The highest BCUT2D eigenvalue weighted by Gasteiger charge is 2.05. The van der Waals surface area contributed by atoms with Gasteiger partial charge in [0.25, 0.3) is 0 Å². The van der Waals surface area contributed by atoms with Crippen LogP contribution in [-0.4, -0.2) is 27.7 Å². The summed E-state index contributed by atoms with van der Waals surface area (Å²) in [6, 6.07) is 9.59. The van der Waals surface area contributed by atoms with Crippen LogP contribution in [-0.2, 0) is 0 Å². The van der Waals surface area contributed by atoms with E-state index in [1.807, 2.05) is 34.9 Å². The number of halogens is 1. The van der Waals surface area contributed by atoms with Crippen molar-refractivity contribution >= 4 is 16.8 Å². The minimum absolute atomic E-state index is 0.333. The van der Waals surface area contributed by atoms with Crippen LogP contribution >= 0.6 is 0 Å². The second-order valence-electron chi connectivity index (χ2n) is 3.93. The number of fused-ring (bicyclic) bond motifs is 3. The van der Waals surface area contributed by atoms with E-state index in [0.717, 1.165) is 11.0 Å². The molecule has 0 N–H and O–H groups in total. The van der Waals surface area contributed by atoms with Crippen molar-refractivity contribution in [1.82, 2.24) is 14.4 Å². The number of aromatic nitrogens is 3. The molecule has 3 aromatic rings. The van der Waals surface area contributed by atoms with Crippen LogP contribution in [0.15, 0.2) is 36.5 Å². The first-order chi connectivity index (χ1) is 8.88. The van der Waals surface area contributed by atoms with E-state index in [2.05, 4.69) is 9.97 Å². The van der Waals surface area contributed by atoms with E-state index in [1.54, 1.807) is 6.07 Å². The Morgan fingerprint density at radius 3 is 2.94 bits per heavy atom. The Balaban J connectivity index is 1.99. The molecule has 0 aliphatic carbocycles. The zero-order valence-corrected chi connectivity index (χ0v) is 9.71. The van der Waals surface area contributed by atoms with Crippen molar-refractivity contribution in [2.75, 3.05) is 13.3 Å². The summed E-state index contributed by atoms with van der Waals surface area (Å²) >= 11 is 0. The van der Waals surface area contributed by atoms with Crippen molar-refractivity contribution in [1.29, 1.82) is 0 Å². The van der Waals surface area contributed by atoms with Gasteiger partial charge in [0.1, 0.15) is 0 Å². The Morgan fingerprint density at radius 1 is 1.17 bits per heavy atom. The van der Waals surface area contributed by atoms with E-state index in [4.69, 9.17) is 4.74 Å². The van der Waals surface area contributed by atoms with Crippen molar-refractivity contribution in [2.45, 2.75) is 6.42 Å². The predicted molar refractivity (Wildman–Crippen MR) is 66.6 cm³/mol. The van der Waals surface area contributed by atoms with Crippen LogP contribution in [0.25, 0.3) is 16.8 Å². The Hall–Kier alpha value is -2.17. The zero-order chi connectivity index (χ0) is 12.4. The maximum absolute atomic E-state index is 12.0. The molecule has 0 unspecified atom stereocenters. The second-order valence-corrected chi connectivity index (χ2v) is 3.93. The van der Waals surface area contributed by atoms with Gasteiger partial charge in [-0.05, 0) is 12.1 Å².